The summed E-state index contributed by atoms with van der Waals surface area (Å²) in [7, 11) is -2.31. The van der Waals surface area contributed by atoms with Gasteiger partial charge in [-0.15, -0.1) is 0 Å². The molecule has 1 unspecified atom stereocenters. The molecule has 1 atom stereocenters. The van der Waals surface area contributed by atoms with Gasteiger partial charge >= 0.3 is 5.97 Å². The van der Waals surface area contributed by atoms with Gasteiger partial charge in [0, 0.05) is 11.9 Å². The number of aromatic nitrogens is 1. The molecule has 1 heterocycles. The number of hydrogen-bond donors (Lipinski definition) is 2. The third-order valence-corrected chi connectivity index (χ3v) is 5.08. The van der Waals surface area contributed by atoms with Crippen molar-refractivity contribution in [2.24, 2.45) is 0 Å². The van der Waals surface area contributed by atoms with Crippen LogP contribution < -0.4 is 10.0 Å². The van der Waals surface area contributed by atoms with E-state index in [-0.39, 0.29) is 6.42 Å². The first kappa shape index (κ1) is 21.5. The molecular formula is C22H23N3O4S. The molecule has 2 N–H and O–H groups in total. The second kappa shape index (κ2) is 9.51. The Morgan fingerprint density at radius 3 is 2.43 bits per heavy atom. The molecule has 0 spiro atoms. The Morgan fingerprint density at radius 1 is 1.03 bits per heavy atom. The molecule has 156 valence electrons. The number of benzene rings is 2. The maximum absolute atomic E-state index is 11.9. The molecule has 30 heavy (non-hydrogen) atoms. The number of nitrogens with one attached hydrogen (secondary N) is 2. The van der Waals surface area contributed by atoms with Gasteiger partial charge in [-0.05, 0) is 47.4 Å². The number of rotatable bonds is 8. The minimum Gasteiger partial charge on any atom is -0.468 e. The number of methoxy groups -OCH3 is 1. The predicted molar refractivity (Wildman–Crippen MR) is 117 cm³/mol. The highest BCUT2D eigenvalue weighted by Gasteiger charge is 2.23. The van der Waals surface area contributed by atoms with Crippen LogP contribution in [0.1, 0.15) is 5.56 Å². The van der Waals surface area contributed by atoms with Crippen LogP contribution in [-0.2, 0) is 26.0 Å². The van der Waals surface area contributed by atoms with E-state index in [2.05, 4.69) is 15.0 Å². The number of anilines is 2. The lowest BCUT2D eigenvalue weighted by atomic mass is 10.0. The van der Waals surface area contributed by atoms with Crippen LogP contribution >= 0.6 is 0 Å². The molecule has 0 aliphatic carbocycles. The van der Waals surface area contributed by atoms with Crippen molar-refractivity contribution in [1.82, 2.24) is 9.71 Å². The number of carbonyl (C=O) groups excluding carboxylic acids is 1. The van der Waals surface area contributed by atoms with Crippen LogP contribution in [0, 0.1) is 0 Å². The number of sulfonamides is 1. The smallest absolute Gasteiger partial charge is 0.324 e. The molecule has 0 aliphatic rings. The molecule has 0 saturated carbocycles. The summed E-state index contributed by atoms with van der Waals surface area (Å²) in [5.74, 6) is 0.134. The number of nitrogens with zero attached hydrogens (tertiary/aromatic N) is 1. The van der Waals surface area contributed by atoms with Gasteiger partial charge in [-0.25, -0.2) is 18.1 Å². The summed E-state index contributed by atoms with van der Waals surface area (Å²) in [6.45, 7) is 0. The average Bonchev–Trinajstić information content (AvgIpc) is 2.73. The molecule has 0 amide bonds. The van der Waals surface area contributed by atoms with Crippen molar-refractivity contribution < 1.29 is 17.9 Å². The minimum absolute atomic E-state index is 0.196. The first-order valence-corrected chi connectivity index (χ1v) is 11.2. The molecule has 2 aromatic carbocycles. The largest absolute Gasteiger partial charge is 0.468 e. The average molecular weight is 426 g/mol. The summed E-state index contributed by atoms with van der Waals surface area (Å²) < 4.78 is 30.1. The van der Waals surface area contributed by atoms with Gasteiger partial charge in [0.1, 0.15) is 11.9 Å². The zero-order valence-corrected chi connectivity index (χ0v) is 17.5. The normalized spacial score (nSPS) is 12.2. The van der Waals surface area contributed by atoms with Gasteiger partial charge in [0.15, 0.2) is 0 Å². The Labute approximate surface area is 176 Å². The van der Waals surface area contributed by atoms with Gasteiger partial charge in [0.25, 0.3) is 0 Å². The Kier molecular flexibility index (Phi) is 6.81. The van der Waals surface area contributed by atoms with Gasteiger partial charge in [-0.2, -0.15) is 0 Å². The van der Waals surface area contributed by atoms with E-state index in [1.807, 2.05) is 66.7 Å². The summed E-state index contributed by atoms with van der Waals surface area (Å²) in [6, 6.07) is 20.2. The molecule has 0 saturated heterocycles. The fourth-order valence-electron chi connectivity index (χ4n) is 3.00. The lowest BCUT2D eigenvalue weighted by molar-refractivity contribution is -0.142. The van der Waals surface area contributed by atoms with E-state index in [4.69, 9.17) is 4.74 Å². The molecule has 0 radical (unpaired) electrons. The second-order valence-corrected chi connectivity index (χ2v) is 8.57. The number of ether oxygens (including phenoxy) is 1. The van der Waals surface area contributed by atoms with Crippen LogP contribution in [0.25, 0.3) is 11.1 Å². The van der Waals surface area contributed by atoms with Gasteiger partial charge in [-0.1, -0.05) is 42.5 Å². The Bertz CT molecular complexity index is 1100. The van der Waals surface area contributed by atoms with Crippen molar-refractivity contribution in [3.05, 3.63) is 78.5 Å². The van der Waals surface area contributed by atoms with Crippen molar-refractivity contribution in [2.75, 3.05) is 18.7 Å². The second-order valence-electron chi connectivity index (χ2n) is 6.79. The third-order valence-electron chi connectivity index (χ3n) is 4.37. The monoisotopic (exact) mass is 425 g/mol. The summed E-state index contributed by atoms with van der Waals surface area (Å²) >= 11 is 0. The maximum Gasteiger partial charge on any atom is 0.324 e. The van der Waals surface area contributed by atoms with Crippen LogP contribution in [0.5, 0.6) is 0 Å². The summed E-state index contributed by atoms with van der Waals surface area (Å²) in [4.78, 5) is 16.2. The fourth-order valence-corrected chi connectivity index (χ4v) is 3.70. The Balaban J connectivity index is 1.75. The van der Waals surface area contributed by atoms with Gasteiger partial charge in [0.2, 0.25) is 10.0 Å². The number of hydrogen-bond acceptors (Lipinski definition) is 6. The third kappa shape index (κ3) is 6.13. The van der Waals surface area contributed by atoms with E-state index in [0.29, 0.717) is 0 Å². The zero-order valence-electron chi connectivity index (χ0n) is 16.7. The highest BCUT2D eigenvalue weighted by atomic mass is 32.2. The SMILES string of the molecule is COC(=O)C(Cc1ccc(-c2cccc(Nc3ccccn3)c2)cc1)NS(C)(=O)=O. The van der Waals surface area contributed by atoms with Crippen LogP contribution in [0.3, 0.4) is 0 Å². The van der Waals surface area contributed by atoms with Crippen LogP contribution in [0.15, 0.2) is 72.9 Å². The number of carbonyl (C=O) groups is 1. The maximum atomic E-state index is 11.9. The molecule has 1 aromatic heterocycles. The van der Waals surface area contributed by atoms with E-state index in [1.54, 1.807) is 6.20 Å². The standard InChI is InChI=1S/C22H23N3O4S/c1-29-22(26)20(25-30(2,27)28)14-16-9-11-17(12-10-16)18-6-5-7-19(15-18)24-21-8-3-4-13-23-21/h3-13,15,20,25H,14H2,1-2H3,(H,23,24). The van der Waals surface area contributed by atoms with E-state index in [1.165, 1.54) is 7.11 Å². The Morgan fingerprint density at radius 2 is 1.80 bits per heavy atom. The number of esters is 1. The lowest BCUT2D eigenvalue weighted by Gasteiger charge is -2.15. The topological polar surface area (TPSA) is 97.4 Å². The first-order valence-electron chi connectivity index (χ1n) is 9.26. The fraction of sp³-hybridized carbons (Fsp3) is 0.182. The van der Waals surface area contributed by atoms with E-state index >= 15 is 0 Å². The molecule has 0 fully saturated rings. The van der Waals surface area contributed by atoms with Crippen LogP contribution in [-0.4, -0.2) is 38.8 Å². The quantitative estimate of drug-likeness (QED) is 0.538. The van der Waals surface area contributed by atoms with Crippen molar-refractivity contribution in [3.8, 4) is 11.1 Å². The molecular weight excluding hydrogens is 402 g/mol. The molecule has 7 nitrogen and oxygen atoms in total. The predicted octanol–water partition coefficient (Wildman–Crippen LogP) is 3.13. The number of pyridine rings is 1. The molecule has 0 bridgehead atoms. The Hall–Kier alpha value is -3.23. The summed E-state index contributed by atoms with van der Waals surface area (Å²) in [5.41, 5.74) is 3.74. The van der Waals surface area contributed by atoms with E-state index < -0.39 is 22.0 Å². The van der Waals surface area contributed by atoms with Crippen LogP contribution in [0.2, 0.25) is 0 Å². The zero-order chi connectivity index (χ0) is 21.6. The summed E-state index contributed by atoms with van der Waals surface area (Å²) in [5, 5.41) is 3.26. The van der Waals surface area contributed by atoms with Crippen molar-refractivity contribution in [1.29, 1.82) is 0 Å². The van der Waals surface area contributed by atoms with Crippen molar-refractivity contribution in [3.63, 3.8) is 0 Å². The van der Waals surface area contributed by atoms with Gasteiger partial charge < -0.3 is 10.1 Å². The van der Waals surface area contributed by atoms with Crippen LogP contribution in [0.4, 0.5) is 11.5 Å². The molecule has 0 aliphatic heterocycles. The minimum atomic E-state index is -3.54. The van der Waals surface area contributed by atoms with Crippen molar-refractivity contribution in [2.45, 2.75) is 12.5 Å². The van der Waals surface area contributed by atoms with Gasteiger partial charge in [0.05, 0.1) is 13.4 Å². The van der Waals surface area contributed by atoms with Crippen molar-refractivity contribution >= 4 is 27.5 Å². The lowest BCUT2D eigenvalue weighted by Crippen LogP contribution is -2.42. The molecule has 8 heteroatoms. The highest BCUT2D eigenvalue weighted by molar-refractivity contribution is 7.88. The molecule has 3 rings (SSSR count). The molecule has 3 aromatic rings. The van der Waals surface area contributed by atoms with E-state index in [0.717, 1.165) is 34.5 Å². The van der Waals surface area contributed by atoms with Gasteiger partial charge in [-0.3, -0.25) is 4.79 Å². The van der Waals surface area contributed by atoms with E-state index in [9.17, 15) is 13.2 Å². The first-order chi connectivity index (χ1) is 14.3. The highest BCUT2D eigenvalue weighted by Crippen LogP contribution is 2.25. The summed E-state index contributed by atoms with van der Waals surface area (Å²) in [6.07, 6.45) is 2.93.